The van der Waals surface area contributed by atoms with Crippen molar-refractivity contribution >= 4 is 34.0 Å². The fourth-order valence-corrected chi connectivity index (χ4v) is 2.47. The minimum atomic E-state index is -0.937. The summed E-state index contributed by atoms with van der Waals surface area (Å²) in [6.07, 6.45) is 0. The third-order valence-corrected chi connectivity index (χ3v) is 3.72. The normalized spacial score (nSPS) is 10.3. The second-order valence-electron chi connectivity index (χ2n) is 3.96. The minimum absolute atomic E-state index is 0.303. The lowest BCUT2D eigenvalue weighted by Crippen LogP contribution is -2.05. The molecule has 1 nitrogen and oxygen atoms in total. The molecule has 0 amide bonds. The van der Waals surface area contributed by atoms with Crippen molar-refractivity contribution in [3.63, 3.8) is 0 Å². The van der Waals surface area contributed by atoms with Gasteiger partial charge in [0.25, 0.3) is 0 Å². The van der Waals surface area contributed by atoms with Crippen molar-refractivity contribution in [3.05, 3.63) is 65.5 Å². The standard InChI is InChI=1S/C14H10F3NS2/c15-10-3-1-2-9(6-10)8-20-14(19)18-11-4-5-12(16)13(17)7-11/h1-7H,8H2,(H,18,19). The van der Waals surface area contributed by atoms with Gasteiger partial charge in [-0.25, -0.2) is 13.2 Å². The third kappa shape index (κ3) is 4.25. The Bertz CT molecular complexity index is 632. The number of nitrogens with one attached hydrogen (secondary N) is 1. The van der Waals surface area contributed by atoms with Gasteiger partial charge in [0.05, 0.1) is 0 Å². The SMILES string of the molecule is Fc1cccc(CSC(=S)Nc2ccc(F)c(F)c2)c1. The van der Waals surface area contributed by atoms with Crippen LogP contribution < -0.4 is 5.32 Å². The van der Waals surface area contributed by atoms with E-state index in [1.54, 1.807) is 12.1 Å². The maximum Gasteiger partial charge on any atom is 0.160 e. The molecule has 0 aliphatic heterocycles. The first kappa shape index (κ1) is 14.9. The van der Waals surface area contributed by atoms with Crippen LogP contribution in [0.4, 0.5) is 18.9 Å². The van der Waals surface area contributed by atoms with Gasteiger partial charge in [-0.15, -0.1) is 0 Å². The smallest absolute Gasteiger partial charge is 0.160 e. The highest BCUT2D eigenvalue weighted by molar-refractivity contribution is 8.22. The number of anilines is 1. The van der Waals surface area contributed by atoms with Crippen molar-refractivity contribution in [2.24, 2.45) is 0 Å². The van der Waals surface area contributed by atoms with Gasteiger partial charge in [-0.3, -0.25) is 0 Å². The van der Waals surface area contributed by atoms with E-state index in [0.717, 1.165) is 17.7 Å². The molecule has 0 saturated carbocycles. The van der Waals surface area contributed by atoms with E-state index >= 15 is 0 Å². The predicted molar refractivity (Wildman–Crippen MR) is 80.3 cm³/mol. The monoisotopic (exact) mass is 313 g/mol. The molecule has 104 valence electrons. The molecule has 0 saturated heterocycles. The van der Waals surface area contributed by atoms with Crippen LogP contribution in [0.25, 0.3) is 0 Å². The van der Waals surface area contributed by atoms with Gasteiger partial charge in [0.1, 0.15) is 10.1 Å². The van der Waals surface area contributed by atoms with Crippen LogP contribution in [0, 0.1) is 17.5 Å². The average molecular weight is 313 g/mol. The fraction of sp³-hybridized carbons (Fsp3) is 0.0714. The van der Waals surface area contributed by atoms with Gasteiger partial charge in [-0.05, 0) is 29.8 Å². The quantitative estimate of drug-likeness (QED) is 0.823. The second kappa shape index (κ2) is 6.76. The van der Waals surface area contributed by atoms with Crippen LogP contribution in [-0.2, 0) is 5.75 Å². The summed E-state index contributed by atoms with van der Waals surface area (Å²) in [6, 6.07) is 9.65. The van der Waals surface area contributed by atoms with E-state index in [1.165, 1.54) is 30.0 Å². The third-order valence-electron chi connectivity index (χ3n) is 2.42. The molecule has 0 aromatic heterocycles. The molecule has 0 fully saturated rings. The van der Waals surface area contributed by atoms with Crippen molar-refractivity contribution in [2.75, 3.05) is 5.32 Å². The van der Waals surface area contributed by atoms with Gasteiger partial charge in [0.15, 0.2) is 11.6 Å². The Morgan fingerprint density at radius 1 is 1.05 bits per heavy atom. The summed E-state index contributed by atoms with van der Waals surface area (Å²) in [5.74, 6) is -1.66. The van der Waals surface area contributed by atoms with E-state index in [9.17, 15) is 13.2 Å². The lowest BCUT2D eigenvalue weighted by atomic mass is 10.2. The van der Waals surface area contributed by atoms with Gasteiger partial charge >= 0.3 is 0 Å². The number of thioether (sulfide) groups is 1. The zero-order valence-corrected chi connectivity index (χ0v) is 11.8. The summed E-state index contributed by atoms with van der Waals surface area (Å²) < 4.78 is 39.2. The lowest BCUT2D eigenvalue weighted by Gasteiger charge is -2.08. The first-order chi connectivity index (χ1) is 9.54. The second-order valence-corrected chi connectivity index (χ2v) is 5.61. The van der Waals surface area contributed by atoms with Crippen molar-refractivity contribution in [1.29, 1.82) is 0 Å². The molecule has 6 heteroatoms. The Labute approximate surface area is 124 Å². The van der Waals surface area contributed by atoms with E-state index in [0.29, 0.717) is 15.8 Å². The molecule has 0 radical (unpaired) electrons. The molecule has 0 spiro atoms. The van der Waals surface area contributed by atoms with E-state index < -0.39 is 11.6 Å². The van der Waals surface area contributed by atoms with Crippen molar-refractivity contribution in [1.82, 2.24) is 0 Å². The van der Waals surface area contributed by atoms with Crippen LogP contribution >= 0.6 is 24.0 Å². The Morgan fingerprint density at radius 2 is 1.85 bits per heavy atom. The number of hydrogen-bond donors (Lipinski definition) is 1. The Kier molecular flexibility index (Phi) is 5.03. The molecule has 2 aromatic carbocycles. The molecule has 0 bridgehead atoms. The van der Waals surface area contributed by atoms with E-state index in [2.05, 4.69) is 5.32 Å². The van der Waals surface area contributed by atoms with Crippen LogP contribution in [-0.4, -0.2) is 4.32 Å². The molecular formula is C14H10F3NS2. The number of halogens is 3. The molecule has 20 heavy (non-hydrogen) atoms. The van der Waals surface area contributed by atoms with Crippen molar-refractivity contribution < 1.29 is 13.2 Å². The van der Waals surface area contributed by atoms with Crippen LogP contribution in [0.2, 0.25) is 0 Å². The molecule has 0 aliphatic carbocycles. The minimum Gasteiger partial charge on any atom is -0.341 e. The maximum atomic E-state index is 13.0. The van der Waals surface area contributed by atoms with Crippen LogP contribution in [0.1, 0.15) is 5.56 Å². The molecule has 0 heterocycles. The molecule has 0 aliphatic rings. The average Bonchev–Trinajstić information content (AvgIpc) is 2.41. The number of hydrogen-bond acceptors (Lipinski definition) is 2. The van der Waals surface area contributed by atoms with E-state index in [1.807, 2.05) is 0 Å². The topological polar surface area (TPSA) is 12.0 Å². The summed E-state index contributed by atoms with van der Waals surface area (Å²) >= 11 is 6.37. The first-order valence-electron chi connectivity index (χ1n) is 5.68. The zero-order valence-electron chi connectivity index (χ0n) is 10.2. The summed E-state index contributed by atoms with van der Waals surface area (Å²) in [7, 11) is 0. The van der Waals surface area contributed by atoms with Crippen molar-refractivity contribution in [2.45, 2.75) is 5.75 Å². The molecular weight excluding hydrogens is 303 g/mol. The van der Waals surface area contributed by atoms with E-state index in [-0.39, 0.29) is 5.82 Å². The largest absolute Gasteiger partial charge is 0.341 e. The predicted octanol–water partition coefficient (Wildman–Crippen LogP) is 4.73. The van der Waals surface area contributed by atoms with Crippen LogP contribution in [0.5, 0.6) is 0 Å². The Balaban J connectivity index is 1.91. The molecule has 2 aromatic rings. The van der Waals surface area contributed by atoms with Crippen LogP contribution in [0.3, 0.4) is 0 Å². The molecule has 0 atom stereocenters. The summed E-state index contributed by atoms with van der Waals surface area (Å²) in [5.41, 5.74) is 1.17. The highest BCUT2D eigenvalue weighted by Crippen LogP contribution is 2.19. The van der Waals surface area contributed by atoms with Crippen LogP contribution in [0.15, 0.2) is 42.5 Å². The number of rotatable bonds is 3. The van der Waals surface area contributed by atoms with E-state index in [4.69, 9.17) is 12.2 Å². The highest BCUT2D eigenvalue weighted by atomic mass is 32.2. The summed E-state index contributed by atoms with van der Waals surface area (Å²) in [5, 5.41) is 2.79. The molecule has 1 N–H and O–H groups in total. The van der Waals surface area contributed by atoms with Gasteiger partial charge in [0, 0.05) is 17.5 Å². The number of thiocarbonyl (C=S) groups is 1. The number of benzene rings is 2. The lowest BCUT2D eigenvalue weighted by molar-refractivity contribution is 0.509. The van der Waals surface area contributed by atoms with Gasteiger partial charge in [-0.2, -0.15) is 0 Å². The molecule has 0 unspecified atom stereocenters. The summed E-state index contributed by atoms with van der Waals surface area (Å²) in [4.78, 5) is 0. The van der Waals surface area contributed by atoms with Gasteiger partial charge in [0.2, 0.25) is 0 Å². The fourth-order valence-electron chi connectivity index (χ4n) is 1.50. The summed E-state index contributed by atoms with van der Waals surface area (Å²) in [6.45, 7) is 0. The van der Waals surface area contributed by atoms with Crippen molar-refractivity contribution in [3.8, 4) is 0 Å². The van der Waals surface area contributed by atoms with Gasteiger partial charge < -0.3 is 5.32 Å². The Hall–Kier alpha value is -1.53. The zero-order chi connectivity index (χ0) is 14.5. The first-order valence-corrected chi connectivity index (χ1v) is 7.07. The highest BCUT2D eigenvalue weighted by Gasteiger charge is 2.05. The van der Waals surface area contributed by atoms with Gasteiger partial charge in [-0.1, -0.05) is 36.1 Å². The Morgan fingerprint density at radius 3 is 2.55 bits per heavy atom. The molecule has 2 rings (SSSR count). The maximum absolute atomic E-state index is 13.0.